The van der Waals surface area contributed by atoms with Gasteiger partial charge in [0.25, 0.3) is 5.91 Å². The van der Waals surface area contributed by atoms with Crippen LogP contribution in [-0.4, -0.2) is 43.3 Å². The molecular formula is C24H24N4O4. The van der Waals surface area contributed by atoms with E-state index in [1.54, 1.807) is 68.0 Å². The van der Waals surface area contributed by atoms with Gasteiger partial charge in [-0.2, -0.15) is 0 Å². The Hall–Kier alpha value is -4.07. The fourth-order valence-electron chi connectivity index (χ4n) is 3.57. The van der Waals surface area contributed by atoms with Gasteiger partial charge in [-0.25, -0.2) is 4.79 Å². The van der Waals surface area contributed by atoms with Crippen molar-refractivity contribution in [2.45, 2.75) is 12.5 Å². The number of nitrogens with one attached hydrogen (secondary N) is 2. The van der Waals surface area contributed by atoms with Crippen LogP contribution in [-0.2, 0) is 4.74 Å². The highest BCUT2D eigenvalue weighted by Crippen LogP contribution is 2.23. The second kappa shape index (κ2) is 9.82. The normalized spacial score (nSPS) is 15.2. The number of benzene rings is 2. The Balaban J connectivity index is 1.36. The molecule has 2 amide bonds. The molecule has 1 aromatic heterocycles. The van der Waals surface area contributed by atoms with Crippen LogP contribution in [0.15, 0.2) is 73.1 Å². The van der Waals surface area contributed by atoms with Crippen LogP contribution in [0.4, 0.5) is 21.9 Å². The van der Waals surface area contributed by atoms with E-state index in [-0.39, 0.29) is 12.0 Å². The number of rotatable bonds is 6. The molecule has 1 unspecified atom stereocenters. The van der Waals surface area contributed by atoms with Gasteiger partial charge in [0.05, 0.1) is 24.9 Å². The number of amides is 2. The molecule has 164 valence electrons. The van der Waals surface area contributed by atoms with E-state index in [1.165, 1.54) is 0 Å². The Labute approximate surface area is 186 Å². The molecule has 32 heavy (non-hydrogen) atoms. The van der Waals surface area contributed by atoms with Gasteiger partial charge in [-0.3, -0.25) is 15.1 Å². The van der Waals surface area contributed by atoms with E-state index in [0.717, 1.165) is 18.7 Å². The Morgan fingerprint density at radius 3 is 2.50 bits per heavy atom. The summed E-state index contributed by atoms with van der Waals surface area (Å²) < 4.78 is 10.7. The molecule has 1 aliphatic rings. The van der Waals surface area contributed by atoms with Crippen LogP contribution < -0.4 is 20.3 Å². The van der Waals surface area contributed by atoms with Crippen LogP contribution >= 0.6 is 0 Å². The van der Waals surface area contributed by atoms with Gasteiger partial charge >= 0.3 is 6.09 Å². The molecule has 8 nitrogen and oxygen atoms in total. The Bertz CT molecular complexity index is 1070. The highest BCUT2D eigenvalue weighted by molar-refractivity contribution is 6.09. The molecule has 4 rings (SSSR count). The molecule has 2 heterocycles. The molecule has 0 bridgehead atoms. The predicted octanol–water partition coefficient (Wildman–Crippen LogP) is 4.17. The van der Waals surface area contributed by atoms with Crippen molar-refractivity contribution < 1.29 is 19.1 Å². The largest absolute Gasteiger partial charge is 0.497 e. The average Bonchev–Trinajstić information content (AvgIpc) is 3.29. The summed E-state index contributed by atoms with van der Waals surface area (Å²) in [5, 5.41) is 5.53. The van der Waals surface area contributed by atoms with Crippen LogP contribution in [0.25, 0.3) is 0 Å². The van der Waals surface area contributed by atoms with E-state index >= 15 is 0 Å². The number of ether oxygens (including phenoxy) is 2. The van der Waals surface area contributed by atoms with Gasteiger partial charge in [-0.15, -0.1) is 0 Å². The van der Waals surface area contributed by atoms with Crippen molar-refractivity contribution in [3.63, 3.8) is 0 Å². The van der Waals surface area contributed by atoms with Gasteiger partial charge in [0, 0.05) is 36.7 Å². The lowest BCUT2D eigenvalue weighted by molar-refractivity contribution is 0.102. The molecule has 1 atom stereocenters. The zero-order chi connectivity index (χ0) is 22.3. The van der Waals surface area contributed by atoms with Crippen molar-refractivity contribution in [1.29, 1.82) is 0 Å². The minimum atomic E-state index is -0.587. The molecule has 0 aliphatic carbocycles. The highest BCUT2D eigenvalue weighted by atomic mass is 16.6. The quantitative estimate of drug-likeness (QED) is 0.607. The minimum absolute atomic E-state index is 0.233. The van der Waals surface area contributed by atoms with Gasteiger partial charge in [0.1, 0.15) is 11.9 Å². The average molecular weight is 432 g/mol. The topological polar surface area (TPSA) is 92.8 Å². The third-order valence-corrected chi connectivity index (χ3v) is 5.20. The first kappa shape index (κ1) is 21.2. The van der Waals surface area contributed by atoms with Gasteiger partial charge in [0.2, 0.25) is 0 Å². The number of para-hydroxylation sites is 1. The lowest BCUT2D eigenvalue weighted by Gasteiger charge is -2.18. The van der Waals surface area contributed by atoms with E-state index in [4.69, 9.17) is 9.47 Å². The van der Waals surface area contributed by atoms with Crippen LogP contribution in [0.3, 0.4) is 0 Å². The van der Waals surface area contributed by atoms with Crippen molar-refractivity contribution >= 4 is 29.1 Å². The highest BCUT2D eigenvalue weighted by Gasteiger charge is 2.26. The van der Waals surface area contributed by atoms with E-state index in [1.807, 2.05) is 12.1 Å². The summed E-state index contributed by atoms with van der Waals surface area (Å²) in [5.74, 6) is 0.359. The Morgan fingerprint density at radius 1 is 1.00 bits per heavy atom. The summed E-state index contributed by atoms with van der Waals surface area (Å²) in [6.45, 7) is 1.40. The standard InChI is InChI=1S/C24H24N4O4/c1-31-19-8-6-17(7-9-19)26-23(29)21-4-2-3-5-22(21)27-24(30)32-20-12-15-28(16-20)18-10-13-25-14-11-18/h2-11,13-14,20H,12,15-16H2,1H3,(H,26,29)(H,27,30). The maximum absolute atomic E-state index is 12.8. The van der Waals surface area contributed by atoms with Crippen LogP contribution in [0.5, 0.6) is 5.75 Å². The van der Waals surface area contributed by atoms with Crippen molar-refractivity contribution in [3.05, 3.63) is 78.6 Å². The first-order valence-corrected chi connectivity index (χ1v) is 10.3. The number of anilines is 3. The molecule has 1 saturated heterocycles. The predicted molar refractivity (Wildman–Crippen MR) is 122 cm³/mol. The first-order valence-electron chi connectivity index (χ1n) is 10.3. The van der Waals surface area contributed by atoms with E-state index in [0.29, 0.717) is 29.2 Å². The maximum Gasteiger partial charge on any atom is 0.411 e. The summed E-state index contributed by atoms with van der Waals surface area (Å²) in [6.07, 6.45) is 3.39. The second-order valence-electron chi connectivity index (χ2n) is 7.32. The maximum atomic E-state index is 12.8. The first-order chi connectivity index (χ1) is 15.6. The third kappa shape index (κ3) is 5.15. The number of hydrogen-bond donors (Lipinski definition) is 2. The van der Waals surface area contributed by atoms with E-state index in [9.17, 15) is 9.59 Å². The van der Waals surface area contributed by atoms with Gasteiger partial charge in [-0.1, -0.05) is 12.1 Å². The molecule has 0 saturated carbocycles. The van der Waals surface area contributed by atoms with Crippen molar-refractivity contribution in [2.75, 3.05) is 35.7 Å². The summed E-state index contributed by atoms with van der Waals surface area (Å²) in [5.41, 5.74) is 2.39. The van der Waals surface area contributed by atoms with Crippen molar-refractivity contribution in [3.8, 4) is 5.75 Å². The van der Waals surface area contributed by atoms with Gasteiger partial charge in [-0.05, 0) is 48.5 Å². The number of pyridine rings is 1. The van der Waals surface area contributed by atoms with E-state index < -0.39 is 6.09 Å². The van der Waals surface area contributed by atoms with Gasteiger partial charge in [0.15, 0.2) is 0 Å². The van der Waals surface area contributed by atoms with Crippen LogP contribution in [0.2, 0.25) is 0 Å². The summed E-state index contributed by atoms with van der Waals surface area (Å²) in [4.78, 5) is 31.5. The fraction of sp³-hybridized carbons (Fsp3) is 0.208. The monoisotopic (exact) mass is 432 g/mol. The van der Waals surface area contributed by atoms with Crippen molar-refractivity contribution in [2.24, 2.45) is 0 Å². The number of aromatic nitrogens is 1. The molecule has 3 aromatic rings. The molecule has 2 aromatic carbocycles. The Kier molecular flexibility index (Phi) is 6.50. The fourth-order valence-corrected chi connectivity index (χ4v) is 3.57. The minimum Gasteiger partial charge on any atom is -0.497 e. The number of nitrogens with zero attached hydrogens (tertiary/aromatic N) is 2. The molecule has 8 heteroatoms. The third-order valence-electron chi connectivity index (χ3n) is 5.20. The molecule has 1 aliphatic heterocycles. The SMILES string of the molecule is COc1ccc(NC(=O)c2ccccc2NC(=O)OC2CCN(c3ccncc3)C2)cc1. The van der Waals surface area contributed by atoms with Crippen LogP contribution in [0.1, 0.15) is 16.8 Å². The molecule has 0 spiro atoms. The summed E-state index contributed by atoms with van der Waals surface area (Å²) in [7, 11) is 1.58. The lowest BCUT2D eigenvalue weighted by atomic mass is 10.1. The number of carbonyl (C=O) groups excluding carboxylic acids is 2. The van der Waals surface area contributed by atoms with Crippen LogP contribution in [0, 0.1) is 0 Å². The Morgan fingerprint density at radius 2 is 1.75 bits per heavy atom. The second-order valence-corrected chi connectivity index (χ2v) is 7.32. The summed E-state index contributed by atoms with van der Waals surface area (Å²) >= 11 is 0. The number of methoxy groups -OCH3 is 1. The lowest BCUT2D eigenvalue weighted by Crippen LogP contribution is -2.27. The van der Waals surface area contributed by atoms with Crippen molar-refractivity contribution in [1.82, 2.24) is 4.98 Å². The zero-order valence-corrected chi connectivity index (χ0v) is 17.7. The number of hydrogen-bond acceptors (Lipinski definition) is 6. The molecule has 0 radical (unpaired) electrons. The zero-order valence-electron chi connectivity index (χ0n) is 17.7. The van der Waals surface area contributed by atoms with Gasteiger partial charge < -0.3 is 19.7 Å². The molecular weight excluding hydrogens is 408 g/mol. The van der Waals surface area contributed by atoms with E-state index in [2.05, 4.69) is 20.5 Å². The number of carbonyl (C=O) groups is 2. The smallest absolute Gasteiger partial charge is 0.411 e. The summed E-state index contributed by atoms with van der Waals surface area (Å²) in [6, 6.07) is 17.7. The molecule has 1 fully saturated rings. The molecule has 2 N–H and O–H groups in total.